The highest BCUT2D eigenvalue weighted by atomic mass is 16.6. The van der Waals surface area contributed by atoms with E-state index in [-0.39, 0.29) is 18.2 Å². The van der Waals surface area contributed by atoms with Crippen LogP contribution >= 0.6 is 0 Å². The molecular weight excluding hydrogens is 332 g/mol. The Bertz CT molecular complexity index is 905. The lowest BCUT2D eigenvalue weighted by Gasteiger charge is -2.23. The molecule has 0 spiro atoms. The summed E-state index contributed by atoms with van der Waals surface area (Å²) in [4.78, 5) is 6.93. The second-order valence-electron chi connectivity index (χ2n) is 7.04. The number of aromatic nitrogens is 5. The van der Waals surface area contributed by atoms with Crippen LogP contribution in [0, 0.1) is 13.8 Å². The predicted octanol–water partition coefficient (Wildman–Crippen LogP) is 1.39. The maximum atomic E-state index is 6.21. The van der Waals surface area contributed by atoms with E-state index < -0.39 is 0 Å². The van der Waals surface area contributed by atoms with Crippen molar-refractivity contribution in [1.29, 1.82) is 0 Å². The topological polar surface area (TPSA) is 69.7 Å². The molecule has 2 aliphatic heterocycles. The smallest absolute Gasteiger partial charge is 0.157 e. The van der Waals surface area contributed by atoms with Crippen LogP contribution in [-0.4, -0.2) is 62.9 Å². The lowest BCUT2D eigenvalue weighted by molar-refractivity contribution is -0.00461. The number of ether oxygens (including phenoxy) is 2. The summed E-state index contributed by atoms with van der Waals surface area (Å²) in [7, 11) is 0. The molecule has 0 aromatic carbocycles. The van der Waals surface area contributed by atoms with Gasteiger partial charge in [-0.05, 0) is 19.9 Å². The molecule has 2 aliphatic rings. The Kier molecular flexibility index (Phi) is 3.68. The molecule has 2 atom stereocenters. The Hall–Kier alpha value is -2.45. The van der Waals surface area contributed by atoms with E-state index in [0.717, 1.165) is 35.8 Å². The maximum Gasteiger partial charge on any atom is 0.157 e. The molecule has 0 aliphatic carbocycles. The van der Waals surface area contributed by atoms with Crippen LogP contribution < -0.4 is 4.90 Å². The molecule has 8 heteroatoms. The molecule has 2 fully saturated rings. The molecule has 2 saturated heterocycles. The second-order valence-corrected chi connectivity index (χ2v) is 7.04. The molecule has 136 valence electrons. The van der Waals surface area contributed by atoms with Crippen molar-refractivity contribution in [2.75, 3.05) is 31.2 Å². The quantitative estimate of drug-likeness (QED) is 0.693. The molecule has 8 nitrogen and oxygen atoms in total. The van der Waals surface area contributed by atoms with Crippen LogP contribution in [0.4, 0.5) is 5.82 Å². The molecule has 3 aromatic heterocycles. The zero-order valence-electron chi connectivity index (χ0n) is 14.9. The van der Waals surface area contributed by atoms with Crippen LogP contribution in [0.15, 0.2) is 30.7 Å². The molecule has 0 bridgehead atoms. The van der Waals surface area contributed by atoms with Gasteiger partial charge in [-0.2, -0.15) is 14.7 Å². The van der Waals surface area contributed by atoms with Gasteiger partial charge in [0.1, 0.15) is 18.0 Å². The summed E-state index contributed by atoms with van der Waals surface area (Å²) in [6.45, 7) is 6.94. The van der Waals surface area contributed by atoms with Gasteiger partial charge in [-0.3, -0.25) is 4.68 Å². The Morgan fingerprint density at radius 2 is 1.81 bits per heavy atom. The molecule has 0 unspecified atom stereocenters. The fourth-order valence-electron chi connectivity index (χ4n) is 3.90. The first kappa shape index (κ1) is 15.8. The van der Waals surface area contributed by atoms with E-state index in [1.807, 2.05) is 34.5 Å². The van der Waals surface area contributed by atoms with Crippen LogP contribution in [-0.2, 0) is 9.47 Å². The summed E-state index contributed by atoms with van der Waals surface area (Å²) >= 11 is 0. The minimum Gasteiger partial charge on any atom is -0.371 e. The minimum atomic E-state index is 0.0500. The van der Waals surface area contributed by atoms with Crippen molar-refractivity contribution in [3.8, 4) is 0 Å². The third-order valence-corrected chi connectivity index (χ3v) is 5.40. The zero-order valence-corrected chi connectivity index (χ0v) is 14.9. The number of anilines is 1. The molecule has 0 saturated carbocycles. The van der Waals surface area contributed by atoms with E-state index in [9.17, 15) is 0 Å². The fraction of sp³-hybridized carbons (Fsp3) is 0.500. The van der Waals surface area contributed by atoms with Crippen LogP contribution in [0.5, 0.6) is 0 Å². The first-order valence-electron chi connectivity index (χ1n) is 8.99. The number of rotatable bonds is 2. The molecule has 0 amide bonds. The average Bonchev–Trinajstić information content (AvgIpc) is 3.36. The van der Waals surface area contributed by atoms with Gasteiger partial charge < -0.3 is 14.4 Å². The van der Waals surface area contributed by atoms with E-state index in [1.54, 1.807) is 12.4 Å². The third-order valence-electron chi connectivity index (χ3n) is 5.40. The van der Waals surface area contributed by atoms with Gasteiger partial charge in [-0.1, -0.05) is 0 Å². The van der Waals surface area contributed by atoms with E-state index in [0.29, 0.717) is 13.2 Å². The van der Waals surface area contributed by atoms with Crippen LogP contribution in [0.3, 0.4) is 0 Å². The molecule has 0 N–H and O–H groups in total. The summed E-state index contributed by atoms with van der Waals surface area (Å²) < 4.78 is 16.2. The highest BCUT2D eigenvalue weighted by Crippen LogP contribution is 2.30. The number of nitrogens with zero attached hydrogens (tertiary/aromatic N) is 6. The second kappa shape index (κ2) is 6.07. The molecular formula is C18H22N6O2. The van der Waals surface area contributed by atoms with Crippen molar-refractivity contribution < 1.29 is 9.47 Å². The van der Waals surface area contributed by atoms with Crippen LogP contribution in [0.1, 0.15) is 17.3 Å². The van der Waals surface area contributed by atoms with Crippen molar-refractivity contribution in [3.63, 3.8) is 0 Å². The van der Waals surface area contributed by atoms with Gasteiger partial charge in [-0.25, -0.2) is 4.98 Å². The fourth-order valence-corrected chi connectivity index (χ4v) is 3.90. The number of aryl methyl sites for hydroxylation is 1. The molecule has 5 rings (SSSR count). The zero-order chi connectivity index (χ0) is 17.7. The van der Waals surface area contributed by atoms with Gasteiger partial charge in [0, 0.05) is 42.8 Å². The van der Waals surface area contributed by atoms with E-state index in [4.69, 9.17) is 9.47 Å². The molecule has 3 aromatic rings. The first-order valence-corrected chi connectivity index (χ1v) is 8.99. The largest absolute Gasteiger partial charge is 0.371 e. The van der Waals surface area contributed by atoms with E-state index >= 15 is 0 Å². The highest BCUT2D eigenvalue weighted by molar-refractivity contribution is 5.57. The summed E-state index contributed by atoms with van der Waals surface area (Å²) in [5.74, 6) is 1.08. The highest BCUT2D eigenvalue weighted by Gasteiger charge is 2.39. The van der Waals surface area contributed by atoms with Gasteiger partial charge >= 0.3 is 0 Å². The van der Waals surface area contributed by atoms with Crippen molar-refractivity contribution in [2.24, 2.45) is 0 Å². The Morgan fingerprint density at radius 1 is 1.04 bits per heavy atom. The summed E-state index contributed by atoms with van der Waals surface area (Å²) in [5, 5.41) is 8.78. The van der Waals surface area contributed by atoms with E-state index in [2.05, 4.69) is 27.0 Å². The third kappa shape index (κ3) is 2.48. The van der Waals surface area contributed by atoms with Gasteiger partial charge in [0.05, 0.1) is 25.5 Å². The normalized spacial score (nSPS) is 24.2. The predicted molar refractivity (Wildman–Crippen MR) is 95.4 cm³/mol. The SMILES string of the molecule is Cc1nc2ccnn2c(N2C[C@@H]3OCC(n4cccn4)CO[C@H]3C2)c1C. The summed E-state index contributed by atoms with van der Waals surface area (Å²) in [6, 6.07) is 4.00. The Balaban J connectivity index is 1.39. The lowest BCUT2D eigenvalue weighted by atomic mass is 10.2. The lowest BCUT2D eigenvalue weighted by Crippen LogP contribution is -2.28. The summed E-state index contributed by atoms with van der Waals surface area (Å²) in [6.07, 6.45) is 5.64. The maximum absolute atomic E-state index is 6.21. The molecule has 26 heavy (non-hydrogen) atoms. The van der Waals surface area contributed by atoms with Gasteiger partial charge in [0.25, 0.3) is 0 Å². The van der Waals surface area contributed by atoms with Gasteiger partial charge in [0.2, 0.25) is 0 Å². The monoisotopic (exact) mass is 354 g/mol. The number of fused-ring (bicyclic) bond motifs is 2. The standard InChI is InChI=1S/C18H22N6O2/c1-12-13(2)21-17-4-6-20-24(17)18(12)22-8-15-16(9-22)26-11-14(10-25-15)23-7-3-5-19-23/h3-7,14-16H,8-11H2,1-2H3/t15-,16-/m0/s1. The van der Waals surface area contributed by atoms with Crippen molar-refractivity contribution in [2.45, 2.75) is 32.1 Å². The van der Waals surface area contributed by atoms with Crippen LogP contribution in [0.25, 0.3) is 5.65 Å². The Morgan fingerprint density at radius 3 is 2.50 bits per heavy atom. The van der Waals surface area contributed by atoms with Gasteiger partial charge in [-0.15, -0.1) is 0 Å². The van der Waals surface area contributed by atoms with Crippen molar-refractivity contribution in [1.82, 2.24) is 24.4 Å². The first-order chi connectivity index (χ1) is 12.7. The number of hydrogen-bond acceptors (Lipinski definition) is 6. The summed E-state index contributed by atoms with van der Waals surface area (Å²) in [5.41, 5.74) is 3.04. The van der Waals surface area contributed by atoms with Crippen LogP contribution in [0.2, 0.25) is 0 Å². The van der Waals surface area contributed by atoms with Crippen molar-refractivity contribution >= 4 is 11.5 Å². The molecule has 0 radical (unpaired) electrons. The van der Waals surface area contributed by atoms with E-state index in [1.165, 1.54) is 0 Å². The average molecular weight is 354 g/mol. The minimum absolute atomic E-state index is 0.0500. The Labute approximate surface area is 151 Å². The van der Waals surface area contributed by atoms with Gasteiger partial charge in [0.15, 0.2) is 5.65 Å². The molecule has 5 heterocycles. The van der Waals surface area contributed by atoms with Crippen molar-refractivity contribution in [3.05, 3.63) is 42.0 Å². The number of hydrogen-bond donors (Lipinski definition) is 0.